The highest BCUT2D eigenvalue weighted by Gasteiger charge is 2.25. The van der Waals surface area contributed by atoms with Crippen molar-refractivity contribution >= 4 is 16.9 Å². The van der Waals surface area contributed by atoms with Crippen LogP contribution in [0.3, 0.4) is 0 Å². The van der Waals surface area contributed by atoms with Crippen molar-refractivity contribution < 1.29 is 4.79 Å². The van der Waals surface area contributed by atoms with E-state index < -0.39 is 0 Å². The maximum absolute atomic E-state index is 13.8. The lowest BCUT2D eigenvalue weighted by Gasteiger charge is -2.26. The predicted octanol–water partition coefficient (Wildman–Crippen LogP) is 6.20. The Morgan fingerprint density at radius 2 is 1.66 bits per heavy atom. The fourth-order valence-electron chi connectivity index (χ4n) is 5.11. The highest BCUT2D eigenvalue weighted by molar-refractivity contribution is 6.08. The summed E-state index contributed by atoms with van der Waals surface area (Å²) in [6, 6.07) is 30.3. The Balaban J connectivity index is 1.50. The van der Waals surface area contributed by atoms with E-state index >= 15 is 0 Å². The van der Waals surface area contributed by atoms with Crippen molar-refractivity contribution in [3.05, 3.63) is 113 Å². The largest absolute Gasteiger partial charge is 0.345 e. The van der Waals surface area contributed by atoms with Gasteiger partial charge in [0.05, 0.1) is 34.1 Å². The minimum absolute atomic E-state index is 0.000292. The molecule has 5 nitrogen and oxygen atoms in total. The molecule has 0 saturated heterocycles. The molecule has 1 atom stereocenters. The van der Waals surface area contributed by atoms with Crippen LogP contribution in [0.1, 0.15) is 46.1 Å². The molecule has 0 bridgehead atoms. The second kappa shape index (κ2) is 8.84. The first-order valence-electron chi connectivity index (χ1n) is 12.1. The third-order valence-corrected chi connectivity index (χ3v) is 6.80. The number of benzene rings is 3. The summed E-state index contributed by atoms with van der Waals surface area (Å²) in [7, 11) is 0. The molecule has 35 heavy (non-hydrogen) atoms. The molecular formula is C30H26N4O. The number of nitrogens with zero attached hydrogens (tertiary/aromatic N) is 3. The number of nitrogens with one attached hydrogen (secondary N) is 1. The van der Waals surface area contributed by atoms with Crippen LogP contribution in [0.25, 0.3) is 28.0 Å². The van der Waals surface area contributed by atoms with E-state index in [1.807, 2.05) is 78.3 Å². The fraction of sp³-hybridized carbons (Fsp3) is 0.167. The van der Waals surface area contributed by atoms with E-state index in [-0.39, 0.29) is 11.9 Å². The SMILES string of the molecule is Cc1nn(-c2ccccc2)c2nc(-c3ccccc3)cc(C(=O)N[C@H]3CCCc4ccccc43)c12. The van der Waals surface area contributed by atoms with Gasteiger partial charge in [-0.3, -0.25) is 4.79 Å². The number of para-hydroxylation sites is 1. The van der Waals surface area contributed by atoms with Gasteiger partial charge in [0, 0.05) is 5.56 Å². The van der Waals surface area contributed by atoms with Gasteiger partial charge in [-0.25, -0.2) is 9.67 Å². The van der Waals surface area contributed by atoms with Crippen molar-refractivity contribution in [2.45, 2.75) is 32.2 Å². The highest BCUT2D eigenvalue weighted by atomic mass is 16.1. The molecule has 172 valence electrons. The van der Waals surface area contributed by atoms with Crippen LogP contribution in [0.5, 0.6) is 0 Å². The third kappa shape index (κ3) is 3.89. The summed E-state index contributed by atoms with van der Waals surface area (Å²) in [6.07, 6.45) is 3.06. The first-order chi connectivity index (χ1) is 17.2. The topological polar surface area (TPSA) is 59.8 Å². The second-order valence-corrected chi connectivity index (χ2v) is 9.07. The number of hydrogen-bond acceptors (Lipinski definition) is 3. The van der Waals surface area contributed by atoms with E-state index in [4.69, 9.17) is 10.1 Å². The Morgan fingerprint density at radius 1 is 0.943 bits per heavy atom. The monoisotopic (exact) mass is 458 g/mol. The maximum Gasteiger partial charge on any atom is 0.252 e. The average Bonchev–Trinajstić information content (AvgIpc) is 3.25. The molecule has 1 N–H and O–H groups in total. The summed E-state index contributed by atoms with van der Waals surface area (Å²) in [4.78, 5) is 18.8. The summed E-state index contributed by atoms with van der Waals surface area (Å²) in [5, 5.41) is 8.92. The van der Waals surface area contributed by atoms with Crippen molar-refractivity contribution in [1.29, 1.82) is 0 Å². The molecule has 5 heteroatoms. The van der Waals surface area contributed by atoms with Crippen LogP contribution >= 0.6 is 0 Å². The van der Waals surface area contributed by atoms with Gasteiger partial charge in [0.15, 0.2) is 5.65 Å². The number of aromatic nitrogens is 3. The molecule has 0 saturated carbocycles. The number of amides is 1. The first-order valence-corrected chi connectivity index (χ1v) is 12.1. The predicted molar refractivity (Wildman–Crippen MR) is 139 cm³/mol. The van der Waals surface area contributed by atoms with Gasteiger partial charge in [-0.1, -0.05) is 72.8 Å². The van der Waals surface area contributed by atoms with E-state index in [1.54, 1.807) is 0 Å². The quantitative estimate of drug-likeness (QED) is 0.349. The molecule has 5 aromatic rings. The minimum Gasteiger partial charge on any atom is -0.345 e. The van der Waals surface area contributed by atoms with Crippen LogP contribution in [0, 0.1) is 6.92 Å². The van der Waals surface area contributed by atoms with E-state index in [9.17, 15) is 4.79 Å². The van der Waals surface area contributed by atoms with E-state index in [0.717, 1.165) is 47.3 Å². The fourth-order valence-corrected chi connectivity index (χ4v) is 5.11. The molecule has 2 aromatic heterocycles. The zero-order valence-corrected chi connectivity index (χ0v) is 19.6. The molecule has 0 radical (unpaired) electrons. The van der Waals surface area contributed by atoms with Gasteiger partial charge in [-0.05, 0) is 55.5 Å². The van der Waals surface area contributed by atoms with Gasteiger partial charge in [0.25, 0.3) is 5.91 Å². The Kier molecular flexibility index (Phi) is 5.38. The molecule has 1 amide bonds. The normalized spacial score (nSPS) is 15.1. The van der Waals surface area contributed by atoms with Crippen LogP contribution in [0.2, 0.25) is 0 Å². The minimum atomic E-state index is -0.0907. The van der Waals surface area contributed by atoms with Crippen LogP contribution in [0.4, 0.5) is 0 Å². The average molecular weight is 459 g/mol. The second-order valence-electron chi connectivity index (χ2n) is 9.07. The van der Waals surface area contributed by atoms with E-state index in [2.05, 4.69) is 29.6 Å². The van der Waals surface area contributed by atoms with Crippen molar-refractivity contribution in [2.75, 3.05) is 0 Å². The molecule has 3 aromatic carbocycles. The standard InChI is InChI=1S/C30H26N4O/c1-20-28-25(30(35)32-26-18-10-14-21-11-8-9-17-24(21)26)19-27(22-12-4-2-5-13-22)31-29(28)34(33-20)23-15-6-3-7-16-23/h2-9,11-13,15-17,19,26H,10,14,18H2,1H3,(H,32,35)/t26-/m0/s1. The molecule has 0 spiro atoms. The van der Waals surface area contributed by atoms with Gasteiger partial charge < -0.3 is 5.32 Å². The number of aryl methyl sites for hydroxylation is 2. The Bertz CT molecular complexity index is 1520. The number of rotatable bonds is 4. The van der Waals surface area contributed by atoms with E-state index in [0.29, 0.717) is 11.2 Å². The van der Waals surface area contributed by atoms with Crippen molar-refractivity contribution in [3.63, 3.8) is 0 Å². The van der Waals surface area contributed by atoms with Gasteiger partial charge in [-0.15, -0.1) is 0 Å². The highest BCUT2D eigenvalue weighted by Crippen LogP contribution is 2.32. The molecule has 0 aliphatic heterocycles. The molecule has 1 aliphatic rings. The Morgan fingerprint density at radius 3 is 2.46 bits per heavy atom. The number of pyridine rings is 1. The van der Waals surface area contributed by atoms with Gasteiger partial charge in [0.1, 0.15) is 0 Å². The first kappa shape index (κ1) is 21.3. The molecule has 6 rings (SSSR count). The van der Waals surface area contributed by atoms with Gasteiger partial charge >= 0.3 is 0 Å². The van der Waals surface area contributed by atoms with E-state index in [1.165, 1.54) is 11.1 Å². The van der Waals surface area contributed by atoms with Gasteiger partial charge in [-0.2, -0.15) is 5.10 Å². The van der Waals surface area contributed by atoms with Crippen molar-refractivity contribution in [2.24, 2.45) is 0 Å². The Hall–Kier alpha value is -4.25. The number of carbonyl (C=O) groups excluding carboxylic acids is 1. The lowest BCUT2D eigenvalue weighted by molar-refractivity contribution is 0.0934. The molecular weight excluding hydrogens is 432 g/mol. The number of carbonyl (C=O) groups is 1. The zero-order valence-electron chi connectivity index (χ0n) is 19.6. The number of hydrogen-bond donors (Lipinski definition) is 1. The maximum atomic E-state index is 13.8. The lowest BCUT2D eigenvalue weighted by atomic mass is 9.87. The molecule has 0 unspecified atom stereocenters. The summed E-state index contributed by atoms with van der Waals surface area (Å²) in [5.74, 6) is -0.0907. The zero-order chi connectivity index (χ0) is 23.8. The smallest absolute Gasteiger partial charge is 0.252 e. The van der Waals surface area contributed by atoms with Crippen LogP contribution in [0.15, 0.2) is 91.0 Å². The molecule has 1 aliphatic carbocycles. The van der Waals surface area contributed by atoms with Crippen LogP contribution < -0.4 is 5.32 Å². The Labute approximate surface area is 204 Å². The van der Waals surface area contributed by atoms with Crippen molar-refractivity contribution in [3.8, 4) is 16.9 Å². The number of fused-ring (bicyclic) bond motifs is 2. The summed E-state index contributed by atoms with van der Waals surface area (Å²) in [5.41, 5.74) is 7.25. The van der Waals surface area contributed by atoms with Crippen LogP contribution in [-0.4, -0.2) is 20.7 Å². The van der Waals surface area contributed by atoms with Gasteiger partial charge in [0.2, 0.25) is 0 Å². The summed E-state index contributed by atoms with van der Waals surface area (Å²) in [6.45, 7) is 1.94. The van der Waals surface area contributed by atoms with Crippen LogP contribution in [-0.2, 0) is 6.42 Å². The molecule has 2 heterocycles. The lowest BCUT2D eigenvalue weighted by Crippen LogP contribution is -2.31. The van der Waals surface area contributed by atoms with Crippen molar-refractivity contribution in [1.82, 2.24) is 20.1 Å². The summed E-state index contributed by atoms with van der Waals surface area (Å²) < 4.78 is 1.84. The molecule has 0 fully saturated rings. The third-order valence-electron chi connectivity index (χ3n) is 6.80. The summed E-state index contributed by atoms with van der Waals surface area (Å²) >= 11 is 0.